The first-order valence-corrected chi connectivity index (χ1v) is 9.13. The van der Waals surface area contributed by atoms with E-state index in [-0.39, 0.29) is 12.0 Å². The van der Waals surface area contributed by atoms with E-state index in [1.165, 1.54) is 0 Å². The summed E-state index contributed by atoms with van der Waals surface area (Å²) in [7, 11) is -0.430. The van der Waals surface area contributed by atoms with E-state index in [9.17, 15) is 4.79 Å². The minimum atomic E-state index is -0.517. The third-order valence-electron chi connectivity index (χ3n) is 4.32. The molecule has 0 aromatic carbocycles. The topological polar surface area (TPSA) is 66.0 Å². The highest BCUT2D eigenvalue weighted by molar-refractivity contribution is 6.57. The Morgan fingerprint density at radius 2 is 2.16 bits per heavy atom. The van der Waals surface area contributed by atoms with Gasteiger partial charge in [-0.3, -0.25) is 0 Å². The van der Waals surface area contributed by atoms with Gasteiger partial charge in [0, 0.05) is 23.5 Å². The summed E-state index contributed by atoms with van der Waals surface area (Å²) in [4.78, 5) is 11.8. The highest BCUT2D eigenvalue weighted by Gasteiger charge is 2.48. The number of allylic oxidation sites excluding steroid dienone is 2. The van der Waals surface area contributed by atoms with Crippen LogP contribution in [0.5, 0.6) is 0 Å². The van der Waals surface area contributed by atoms with Crippen LogP contribution in [0.15, 0.2) is 21.8 Å². The maximum absolute atomic E-state index is 11.8. The zero-order chi connectivity index (χ0) is 18.2. The Bertz CT molecular complexity index is 613. The van der Waals surface area contributed by atoms with E-state index >= 15 is 0 Å². The minimum Gasteiger partial charge on any atom is -0.496 e. The fourth-order valence-corrected chi connectivity index (χ4v) is 3.60. The number of nitrogens with one attached hydrogen (secondary N) is 1. The van der Waals surface area contributed by atoms with Gasteiger partial charge in [0.1, 0.15) is 12.2 Å². The molecule has 0 spiro atoms. The first-order chi connectivity index (χ1) is 11.8. The molecule has 8 heteroatoms. The van der Waals surface area contributed by atoms with Crippen LogP contribution < -0.4 is 5.32 Å². The number of hydrogen-bond acceptors (Lipinski definition) is 5. The van der Waals surface area contributed by atoms with E-state index in [2.05, 4.69) is 12.2 Å². The molecule has 25 heavy (non-hydrogen) atoms. The Balaban J connectivity index is 1.68. The summed E-state index contributed by atoms with van der Waals surface area (Å²) < 4.78 is 22.9. The van der Waals surface area contributed by atoms with E-state index in [1.54, 1.807) is 0 Å². The van der Waals surface area contributed by atoms with Gasteiger partial charge in [-0.1, -0.05) is 18.5 Å². The molecule has 1 N–H and O–H groups in total. The molecule has 0 aromatic heterocycles. The molecular formula is C17H25BClNO5. The Morgan fingerprint density at radius 3 is 2.88 bits per heavy atom. The molecule has 2 aliphatic heterocycles. The average molecular weight is 370 g/mol. The van der Waals surface area contributed by atoms with Crippen LogP contribution >= 0.6 is 11.6 Å². The van der Waals surface area contributed by atoms with Crippen LogP contribution in [0.4, 0.5) is 4.79 Å². The third-order valence-corrected chi connectivity index (χ3v) is 4.90. The molecule has 1 aliphatic carbocycles. The number of hydrogen-bond donors (Lipinski definition) is 1. The van der Waals surface area contributed by atoms with Crippen molar-refractivity contribution in [2.45, 2.75) is 52.2 Å². The average Bonchev–Trinajstić information content (AvgIpc) is 2.74. The lowest BCUT2D eigenvalue weighted by Gasteiger charge is -2.25. The van der Waals surface area contributed by atoms with Gasteiger partial charge < -0.3 is 24.1 Å². The van der Waals surface area contributed by atoms with Crippen LogP contribution in [0.25, 0.3) is 0 Å². The first kappa shape index (κ1) is 18.6. The quantitative estimate of drug-likeness (QED) is 0.774. The van der Waals surface area contributed by atoms with Gasteiger partial charge >= 0.3 is 13.2 Å². The van der Waals surface area contributed by atoms with Crippen molar-refractivity contribution in [1.82, 2.24) is 5.32 Å². The van der Waals surface area contributed by atoms with Gasteiger partial charge in [-0.2, -0.15) is 0 Å². The maximum Gasteiger partial charge on any atom is 0.498 e. The van der Waals surface area contributed by atoms with Crippen LogP contribution in [0.3, 0.4) is 0 Å². The standard InChI is InChI=1S/C17H25BClNO5/c1-10-9-12-14-13(15(10)19)11(25-18(14)23-8-7-22-12)5-6-20-16(21)24-17(2,3)4/h10-11H,5-9H2,1-4H3,(H,20,21)/t10-,11?/m0/s1. The number of ether oxygens (including phenoxy) is 2. The maximum atomic E-state index is 11.8. The molecule has 6 nitrogen and oxygen atoms in total. The molecule has 0 bridgehead atoms. The normalized spacial score (nSPS) is 26.2. The monoisotopic (exact) mass is 369 g/mol. The molecule has 0 aromatic rings. The number of amides is 1. The molecule has 138 valence electrons. The molecule has 2 atom stereocenters. The van der Waals surface area contributed by atoms with Crippen LogP contribution in [0, 0.1) is 5.92 Å². The number of carbonyl (C=O) groups is 1. The predicted molar refractivity (Wildman–Crippen MR) is 95.1 cm³/mol. The molecule has 1 unspecified atom stereocenters. The predicted octanol–water partition coefficient (Wildman–Crippen LogP) is 3.16. The third kappa shape index (κ3) is 4.15. The van der Waals surface area contributed by atoms with Crippen molar-refractivity contribution in [3.8, 4) is 0 Å². The summed E-state index contributed by atoms with van der Waals surface area (Å²) in [5, 5.41) is 3.57. The van der Waals surface area contributed by atoms with Crippen molar-refractivity contribution in [1.29, 1.82) is 0 Å². The Kier molecular flexibility index (Phi) is 5.37. The smallest absolute Gasteiger partial charge is 0.496 e. The van der Waals surface area contributed by atoms with Crippen molar-refractivity contribution in [2.24, 2.45) is 5.92 Å². The fourth-order valence-electron chi connectivity index (χ4n) is 3.30. The SMILES string of the molecule is C[C@H]1CC2=C3B(OCCO2)OC(CCNC(=O)OC(C)(C)C)C3=C1Cl. The van der Waals surface area contributed by atoms with Gasteiger partial charge in [0.05, 0.1) is 18.5 Å². The largest absolute Gasteiger partial charge is 0.498 e. The summed E-state index contributed by atoms with van der Waals surface area (Å²) in [6.45, 7) is 9.02. The lowest BCUT2D eigenvalue weighted by atomic mass is 9.71. The summed E-state index contributed by atoms with van der Waals surface area (Å²) in [5.74, 6) is 1.12. The van der Waals surface area contributed by atoms with Crippen LogP contribution in [-0.2, 0) is 18.8 Å². The summed E-state index contributed by atoms with van der Waals surface area (Å²) in [6, 6.07) is 0. The number of alkyl carbamates (subject to hydrolysis) is 1. The van der Waals surface area contributed by atoms with Gasteiger partial charge in [-0.05, 0) is 38.7 Å². The van der Waals surface area contributed by atoms with Crippen LogP contribution in [-0.4, -0.2) is 44.7 Å². The van der Waals surface area contributed by atoms with Gasteiger partial charge in [-0.15, -0.1) is 0 Å². The van der Waals surface area contributed by atoms with Gasteiger partial charge in [0.2, 0.25) is 0 Å². The summed E-state index contributed by atoms with van der Waals surface area (Å²) >= 11 is 6.60. The number of rotatable bonds is 3. The Morgan fingerprint density at radius 1 is 1.40 bits per heavy atom. The first-order valence-electron chi connectivity index (χ1n) is 8.76. The molecule has 0 saturated carbocycles. The van der Waals surface area contributed by atoms with Gasteiger partial charge in [-0.25, -0.2) is 4.79 Å². The van der Waals surface area contributed by atoms with Crippen molar-refractivity contribution < 1.29 is 23.6 Å². The zero-order valence-corrected chi connectivity index (χ0v) is 15.9. The van der Waals surface area contributed by atoms with Gasteiger partial charge in [0.15, 0.2) is 0 Å². The summed E-state index contributed by atoms with van der Waals surface area (Å²) in [6.07, 6.45) is 0.705. The molecule has 0 radical (unpaired) electrons. The second-order valence-electron chi connectivity index (χ2n) is 7.60. The minimum absolute atomic E-state index is 0.192. The second kappa shape index (κ2) is 7.21. The molecule has 1 saturated heterocycles. The molecule has 3 rings (SSSR count). The second-order valence-corrected chi connectivity index (χ2v) is 8.00. The van der Waals surface area contributed by atoms with Crippen LogP contribution in [0.2, 0.25) is 0 Å². The number of halogens is 1. The zero-order valence-electron chi connectivity index (χ0n) is 15.2. The lowest BCUT2D eigenvalue weighted by Crippen LogP contribution is -2.34. The fraction of sp³-hybridized carbons (Fsp3) is 0.706. The van der Waals surface area contributed by atoms with Crippen molar-refractivity contribution in [3.05, 3.63) is 21.8 Å². The molecule has 3 aliphatic rings. The Hall–Kier alpha value is -1.18. The molecular weight excluding hydrogens is 344 g/mol. The molecule has 1 amide bonds. The highest BCUT2D eigenvalue weighted by Crippen LogP contribution is 2.46. The lowest BCUT2D eigenvalue weighted by molar-refractivity contribution is 0.0521. The van der Waals surface area contributed by atoms with Crippen LogP contribution in [0.1, 0.15) is 40.5 Å². The van der Waals surface area contributed by atoms with E-state index in [0.29, 0.717) is 26.2 Å². The summed E-state index contributed by atoms with van der Waals surface area (Å²) in [5.41, 5.74) is 1.40. The van der Waals surface area contributed by atoms with Gasteiger partial charge in [0.25, 0.3) is 0 Å². The molecule has 2 heterocycles. The molecule has 1 fully saturated rings. The van der Waals surface area contributed by atoms with E-state index < -0.39 is 18.8 Å². The van der Waals surface area contributed by atoms with E-state index in [1.807, 2.05) is 20.8 Å². The van der Waals surface area contributed by atoms with Crippen molar-refractivity contribution >= 4 is 24.8 Å². The van der Waals surface area contributed by atoms with E-state index in [0.717, 1.165) is 28.3 Å². The van der Waals surface area contributed by atoms with E-state index in [4.69, 9.17) is 30.4 Å². The van der Waals surface area contributed by atoms with Crippen molar-refractivity contribution in [2.75, 3.05) is 19.8 Å². The Labute approximate surface area is 154 Å². The number of carbonyl (C=O) groups excluding carboxylic acids is 1. The highest BCUT2D eigenvalue weighted by atomic mass is 35.5. The van der Waals surface area contributed by atoms with Crippen molar-refractivity contribution in [3.63, 3.8) is 0 Å².